The second kappa shape index (κ2) is 11.1. The first-order chi connectivity index (χ1) is 17.8. The van der Waals surface area contributed by atoms with Crippen LogP contribution in [0.25, 0.3) is 5.76 Å². The number of nitrogens with zero attached hydrogens (tertiary/aromatic N) is 1. The number of Topliss-reactive ketones (excluding diaryl/α,β-unsaturated/α-hetero) is 1. The number of aliphatic hydroxyl groups is 1. The number of aliphatic hydroxyl groups excluding tert-OH is 1. The van der Waals surface area contributed by atoms with Crippen LogP contribution < -0.4 is 9.64 Å². The number of benzene rings is 3. The van der Waals surface area contributed by atoms with E-state index in [1.54, 1.807) is 42.5 Å². The van der Waals surface area contributed by atoms with Crippen molar-refractivity contribution in [3.05, 3.63) is 99.0 Å². The third-order valence-corrected chi connectivity index (χ3v) is 6.34. The second-order valence-electron chi connectivity index (χ2n) is 8.23. The minimum absolute atomic E-state index is 0.0768. The molecule has 0 aromatic heterocycles. The van der Waals surface area contributed by atoms with Gasteiger partial charge in [-0.3, -0.25) is 14.5 Å². The molecular weight excluding hydrogens is 517 g/mol. The second-order valence-corrected chi connectivity index (χ2v) is 9.07. The maximum atomic E-state index is 13.4. The van der Waals surface area contributed by atoms with Crippen molar-refractivity contribution in [1.29, 1.82) is 0 Å². The van der Waals surface area contributed by atoms with Gasteiger partial charge in [-0.15, -0.1) is 0 Å². The Morgan fingerprint density at radius 1 is 1.03 bits per heavy atom. The van der Waals surface area contributed by atoms with Crippen LogP contribution in [0, 0.1) is 0 Å². The molecule has 9 heteroatoms. The van der Waals surface area contributed by atoms with Gasteiger partial charge in [-0.2, -0.15) is 0 Å². The predicted molar refractivity (Wildman–Crippen MR) is 141 cm³/mol. The van der Waals surface area contributed by atoms with E-state index >= 15 is 0 Å². The van der Waals surface area contributed by atoms with Crippen molar-refractivity contribution < 1.29 is 29.0 Å². The minimum atomic E-state index is -0.971. The molecule has 0 radical (unpaired) electrons. The summed E-state index contributed by atoms with van der Waals surface area (Å²) < 4.78 is 10.5. The topological polar surface area (TPSA) is 93.1 Å². The molecule has 0 aliphatic carbocycles. The third-order valence-electron chi connectivity index (χ3n) is 5.85. The number of halogens is 2. The molecule has 1 atom stereocenters. The summed E-state index contributed by atoms with van der Waals surface area (Å²) in [5, 5.41) is 11.7. The van der Waals surface area contributed by atoms with E-state index in [1.807, 2.05) is 6.92 Å². The van der Waals surface area contributed by atoms with Gasteiger partial charge in [0.1, 0.15) is 11.5 Å². The van der Waals surface area contributed by atoms with Crippen LogP contribution in [0.1, 0.15) is 40.9 Å². The lowest BCUT2D eigenvalue weighted by Crippen LogP contribution is -2.29. The number of carbonyl (C=O) groups is 3. The summed E-state index contributed by atoms with van der Waals surface area (Å²) in [5.74, 6) is -2.59. The summed E-state index contributed by atoms with van der Waals surface area (Å²) in [6.45, 7) is 2.18. The highest BCUT2D eigenvalue weighted by atomic mass is 35.5. The monoisotopic (exact) mass is 539 g/mol. The van der Waals surface area contributed by atoms with Crippen molar-refractivity contribution in [3.8, 4) is 5.75 Å². The zero-order chi connectivity index (χ0) is 26.7. The van der Waals surface area contributed by atoms with Gasteiger partial charge in [-0.25, -0.2) is 4.79 Å². The molecule has 1 aliphatic rings. The number of ether oxygens (including phenoxy) is 2. The molecule has 3 aromatic rings. The highest BCUT2D eigenvalue weighted by Gasteiger charge is 2.47. The summed E-state index contributed by atoms with van der Waals surface area (Å²) in [6, 6.07) is 16.9. The number of methoxy groups -OCH3 is 1. The van der Waals surface area contributed by atoms with Crippen LogP contribution in [-0.4, -0.2) is 36.5 Å². The Morgan fingerprint density at radius 2 is 1.70 bits per heavy atom. The molecule has 0 spiro atoms. The van der Waals surface area contributed by atoms with Crippen LogP contribution in [0.15, 0.2) is 72.3 Å². The van der Waals surface area contributed by atoms with Crippen LogP contribution in [0.3, 0.4) is 0 Å². The van der Waals surface area contributed by atoms with Crippen molar-refractivity contribution in [3.63, 3.8) is 0 Å². The van der Waals surface area contributed by atoms with Crippen molar-refractivity contribution in [2.75, 3.05) is 18.6 Å². The fourth-order valence-corrected chi connectivity index (χ4v) is 4.75. The summed E-state index contributed by atoms with van der Waals surface area (Å²) in [7, 11) is 1.37. The van der Waals surface area contributed by atoms with E-state index in [0.29, 0.717) is 29.8 Å². The first-order valence-corrected chi connectivity index (χ1v) is 12.2. The van der Waals surface area contributed by atoms with Crippen molar-refractivity contribution >= 4 is 52.3 Å². The largest absolute Gasteiger partial charge is 0.507 e. The van der Waals surface area contributed by atoms with Gasteiger partial charge in [0.2, 0.25) is 0 Å². The Balaban J connectivity index is 1.87. The Labute approximate surface area is 223 Å². The number of anilines is 1. The first kappa shape index (κ1) is 26.3. The zero-order valence-electron chi connectivity index (χ0n) is 20.0. The van der Waals surface area contributed by atoms with Gasteiger partial charge < -0.3 is 14.6 Å². The predicted octanol–water partition coefficient (Wildman–Crippen LogP) is 6.20. The van der Waals surface area contributed by atoms with Gasteiger partial charge in [-0.1, -0.05) is 60.5 Å². The molecule has 4 rings (SSSR count). The van der Waals surface area contributed by atoms with E-state index < -0.39 is 29.5 Å². The molecule has 0 saturated carbocycles. The van der Waals surface area contributed by atoms with Gasteiger partial charge >= 0.3 is 5.97 Å². The molecule has 1 heterocycles. The van der Waals surface area contributed by atoms with E-state index in [0.717, 1.165) is 0 Å². The van der Waals surface area contributed by atoms with Gasteiger partial charge in [0.05, 0.1) is 41.5 Å². The lowest BCUT2D eigenvalue weighted by molar-refractivity contribution is -0.132. The number of rotatable bonds is 7. The third kappa shape index (κ3) is 5.05. The van der Waals surface area contributed by atoms with E-state index in [1.165, 1.54) is 36.3 Å². The van der Waals surface area contributed by atoms with Crippen LogP contribution in [0.4, 0.5) is 5.69 Å². The Hall–Kier alpha value is -3.81. The highest BCUT2D eigenvalue weighted by Crippen LogP contribution is 2.44. The SMILES string of the molecule is CCCOC(=O)c1ccc(N2C(=O)C(=O)/C(=C(/O)c3cc(Cl)cc(Cl)c3OC)C2c2ccccc2)cc1. The summed E-state index contributed by atoms with van der Waals surface area (Å²) >= 11 is 12.4. The van der Waals surface area contributed by atoms with Crippen molar-refractivity contribution in [2.45, 2.75) is 19.4 Å². The van der Waals surface area contributed by atoms with Gasteiger partial charge in [0.15, 0.2) is 0 Å². The quantitative estimate of drug-likeness (QED) is 0.166. The summed E-state index contributed by atoms with van der Waals surface area (Å²) in [4.78, 5) is 40.2. The Morgan fingerprint density at radius 3 is 2.32 bits per heavy atom. The molecule has 1 aliphatic heterocycles. The van der Waals surface area contributed by atoms with Crippen LogP contribution in [-0.2, 0) is 14.3 Å². The van der Waals surface area contributed by atoms with Gasteiger partial charge in [0, 0.05) is 10.7 Å². The van der Waals surface area contributed by atoms with Gasteiger partial charge in [0.25, 0.3) is 11.7 Å². The van der Waals surface area contributed by atoms with E-state index in [-0.39, 0.29) is 26.9 Å². The van der Waals surface area contributed by atoms with Crippen LogP contribution >= 0.6 is 23.2 Å². The number of ketones is 1. The number of hydrogen-bond acceptors (Lipinski definition) is 6. The number of hydrogen-bond donors (Lipinski definition) is 1. The molecule has 1 fully saturated rings. The molecule has 37 heavy (non-hydrogen) atoms. The Bertz CT molecular complexity index is 1390. The fraction of sp³-hybridized carbons (Fsp3) is 0.179. The van der Waals surface area contributed by atoms with Crippen molar-refractivity contribution in [2.24, 2.45) is 0 Å². The molecule has 190 valence electrons. The lowest BCUT2D eigenvalue weighted by Gasteiger charge is -2.25. The molecule has 0 bridgehead atoms. The van der Waals surface area contributed by atoms with E-state index in [9.17, 15) is 19.5 Å². The number of carbonyl (C=O) groups excluding carboxylic acids is 3. The van der Waals surface area contributed by atoms with E-state index in [4.69, 9.17) is 32.7 Å². The van der Waals surface area contributed by atoms with E-state index in [2.05, 4.69) is 0 Å². The molecular formula is C28H23Cl2NO6. The number of esters is 1. The smallest absolute Gasteiger partial charge is 0.338 e. The molecule has 1 saturated heterocycles. The average Bonchev–Trinajstić information content (AvgIpc) is 3.17. The molecule has 1 unspecified atom stereocenters. The van der Waals surface area contributed by atoms with Crippen LogP contribution in [0.2, 0.25) is 10.0 Å². The Kier molecular flexibility index (Phi) is 7.86. The fourth-order valence-electron chi connectivity index (χ4n) is 4.17. The normalized spacial score (nSPS) is 16.6. The van der Waals surface area contributed by atoms with Crippen LogP contribution in [0.5, 0.6) is 5.75 Å². The summed E-state index contributed by atoms with van der Waals surface area (Å²) in [6.07, 6.45) is 0.689. The maximum Gasteiger partial charge on any atom is 0.338 e. The zero-order valence-corrected chi connectivity index (χ0v) is 21.5. The molecule has 1 N–H and O–H groups in total. The molecule has 7 nitrogen and oxygen atoms in total. The van der Waals surface area contributed by atoms with Gasteiger partial charge in [-0.05, 0) is 48.4 Å². The lowest BCUT2D eigenvalue weighted by atomic mass is 9.95. The number of amides is 1. The maximum absolute atomic E-state index is 13.4. The minimum Gasteiger partial charge on any atom is -0.507 e. The molecule has 3 aromatic carbocycles. The molecule has 1 amide bonds. The summed E-state index contributed by atoms with van der Waals surface area (Å²) in [5.41, 5.74) is 1.18. The highest BCUT2D eigenvalue weighted by molar-refractivity contribution is 6.52. The van der Waals surface area contributed by atoms with Crippen molar-refractivity contribution in [1.82, 2.24) is 0 Å². The standard InChI is InChI=1S/C28H23Cl2NO6/c1-3-13-37-28(35)17-9-11-19(12-10-17)31-23(16-7-5-4-6-8-16)22(25(33)27(31)34)24(32)20-14-18(29)15-21(30)26(20)36-2/h4-12,14-15,23,32H,3,13H2,1-2H3/b24-22+. The first-order valence-electron chi connectivity index (χ1n) is 11.4. The average molecular weight is 540 g/mol.